The van der Waals surface area contributed by atoms with Crippen LogP contribution in [0.3, 0.4) is 0 Å². The average Bonchev–Trinajstić information content (AvgIpc) is 2.62. The molecule has 0 aromatic heterocycles. The van der Waals surface area contributed by atoms with E-state index in [1.165, 1.54) is 0 Å². The number of anilines is 1. The van der Waals surface area contributed by atoms with E-state index in [1.54, 1.807) is 17.0 Å². The lowest BCUT2D eigenvalue weighted by Gasteiger charge is -2.20. The lowest BCUT2D eigenvalue weighted by Crippen LogP contribution is -2.42. The Bertz CT molecular complexity index is 788. The van der Waals surface area contributed by atoms with Crippen LogP contribution >= 0.6 is 0 Å². The summed E-state index contributed by atoms with van der Waals surface area (Å²) in [6.07, 6.45) is 0. The molecule has 28 heavy (non-hydrogen) atoms. The predicted molar refractivity (Wildman–Crippen MR) is 112 cm³/mol. The van der Waals surface area contributed by atoms with Gasteiger partial charge in [-0.15, -0.1) is 0 Å². The largest absolute Gasteiger partial charge is 0.457 e. The fourth-order valence-electron chi connectivity index (χ4n) is 2.68. The number of carbonyl (C=O) groups is 2. The molecule has 2 rings (SSSR count). The monoisotopic (exact) mass is 383 g/mol. The van der Waals surface area contributed by atoms with Crippen LogP contribution in [0.25, 0.3) is 0 Å². The number of hydrogen-bond donors (Lipinski definition) is 2. The quantitative estimate of drug-likeness (QED) is 0.694. The molecular weight excluding hydrogens is 354 g/mol. The molecule has 150 valence electrons. The SMILES string of the molecule is CCN(CC(=O)Nc1ccc(Oc2cccc(C)c2)cc1)CC(=O)NC(C)C. The zero-order valence-electron chi connectivity index (χ0n) is 17.0. The van der Waals surface area contributed by atoms with Gasteiger partial charge < -0.3 is 15.4 Å². The molecule has 0 spiro atoms. The van der Waals surface area contributed by atoms with E-state index in [0.717, 1.165) is 11.3 Å². The highest BCUT2D eigenvalue weighted by Gasteiger charge is 2.14. The second-order valence-corrected chi connectivity index (χ2v) is 7.02. The number of likely N-dealkylation sites (N-methyl/N-ethyl adjacent to an activating group) is 1. The Morgan fingerprint density at radius 1 is 1.00 bits per heavy atom. The molecule has 0 saturated carbocycles. The zero-order chi connectivity index (χ0) is 20.5. The van der Waals surface area contributed by atoms with Crippen LogP contribution in [-0.2, 0) is 9.59 Å². The first-order chi connectivity index (χ1) is 13.4. The van der Waals surface area contributed by atoms with Crippen LogP contribution in [0.4, 0.5) is 5.69 Å². The molecule has 0 aliphatic carbocycles. The van der Waals surface area contributed by atoms with Crippen molar-refractivity contribution in [3.63, 3.8) is 0 Å². The number of nitrogens with zero attached hydrogens (tertiary/aromatic N) is 1. The summed E-state index contributed by atoms with van der Waals surface area (Å²) in [7, 11) is 0. The van der Waals surface area contributed by atoms with Crippen molar-refractivity contribution in [2.45, 2.75) is 33.7 Å². The number of hydrogen-bond acceptors (Lipinski definition) is 4. The van der Waals surface area contributed by atoms with Gasteiger partial charge in [0.05, 0.1) is 13.1 Å². The van der Waals surface area contributed by atoms with Crippen LogP contribution in [0.15, 0.2) is 48.5 Å². The molecule has 6 nitrogen and oxygen atoms in total. The molecule has 0 fully saturated rings. The summed E-state index contributed by atoms with van der Waals surface area (Å²) in [4.78, 5) is 25.9. The summed E-state index contributed by atoms with van der Waals surface area (Å²) < 4.78 is 5.81. The Morgan fingerprint density at radius 3 is 2.29 bits per heavy atom. The molecular formula is C22H29N3O3. The maximum atomic E-state index is 12.3. The minimum absolute atomic E-state index is 0.0812. The van der Waals surface area contributed by atoms with E-state index in [0.29, 0.717) is 18.0 Å². The summed E-state index contributed by atoms with van der Waals surface area (Å²) in [6, 6.07) is 15.1. The maximum absolute atomic E-state index is 12.3. The van der Waals surface area contributed by atoms with Crippen molar-refractivity contribution < 1.29 is 14.3 Å². The van der Waals surface area contributed by atoms with Gasteiger partial charge in [-0.05, 0) is 69.3 Å². The Morgan fingerprint density at radius 2 is 1.68 bits per heavy atom. The molecule has 0 unspecified atom stereocenters. The molecule has 0 heterocycles. The van der Waals surface area contributed by atoms with E-state index < -0.39 is 0 Å². The zero-order valence-corrected chi connectivity index (χ0v) is 17.0. The number of amides is 2. The van der Waals surface area contributed by atoms with E-state index in [-0.39, 0.29) is 30.9 Å². The predicted octanol–water partition coefficient (Wildman–Crippen LogP) is 3.57. The highest BCUT2D eigenvalue weighted by molar-refractivity contribution is 5.92. The molecule has 0 aliphatic rings. The Kier molecular flexibility index (Phi) is 8.02. The average molecular weight is 383 g/mol. The Balaban J connectivity index is 1.86. The summed E-state index contributed by atoms with van der Waals surface area (Å²) in [6.45, 7) is 8.72. The van der Waals surface area contributed by atoms with Crippen LogP contribution in [0.2, 0.25) is 0 Å². The fraction of sp³-hybridized carbons (Fsp3) is 0.364. The first kappa shape index (κ1) is 21.4. The lowest BCUT2D eigenvalue weighted by molar-refractivity contribution is -0.123. The van der Waals surface area contributed by atoms with Crippen molar-refractivity contribution in [2.75, 3.05) is 25.0 Å². The van der Waals surface area contributed by atoms with E-state index >= 15 is 0 Å². The molecule has 0 bridgehead atoms. The van der Waals surface area contributed by atoms with Crippen molar-refractivity contribution in [3.05, 3.63) is 54.1 Å². The van der Waals surface area contributed by atoms with Gasteiger partial charge in [-0.25, -0.2) is 0 Å². The second-order valence-electron chi connectivity index (χ2n) is 7.02. The maximum Gasteiger partial charge on any atom is 0.238 e. The van der Waals surface area contributed by atoms with E-state index in [1.807, 2.05) is 64.1 Å². The molecule has 2 aromatic carbocycles. The minimum atomic E-state index is -0.161. The standard InChI is InChI=1S/C22H29N3O3/c1-5-25(14-21(26)23-16(2)3)15-22(27)24-18-9-11-19(12-10-18)28-20-8-6-7-17(4)13-20/h6-13,16H,5,14-15H2,1-4H3,(H,23,26)(H,24,27). The molecule has 2 N–H and O–H groups in total. The molecule has 2 amide bonds. The van der Waals surface area contributed by atoms with Crippen molar-refractivity contribution in [2.24, 2.45) is 0 Å². The van der Waals surface area contributed by atoms with Gasteiger partial charge in [0.25, 0.3) is 0 Å². The minimum Gasteiger partial charge on any atom is -0.457 e. The van der Waals surface area contributed by atoms with Crippen LogP contribution < -0.4 is 15.4 Å². The molecule has 0 radical (unpaired) electrons. The number of rotatable bonds is 9. The molecule has 0 aliphatic heterocycles. The van der Waals surface area contributed by atoms with Gasteiger partial charge >= 0.3 is 0 Å². The third kappa shape index (κ3) is 7.40. The van der Waals surface area contributed by atoms with Gasteiger partial charge in [-0.3, -0.25) is 14.5 Å². The van der Waals surface area contributed by atoms with Gasteiger partial charge in [-0.2, -0.15) is 0 Å². The van der Waals surface area contributed by atoms with Crippen LogP contribution in [0.5, 0.6) is 11.5 Å². The van der Waals surface area contributed by atoms with E-state index in [4.69, 9.17) is 4.74 Å². The van der Waals surface area contributed by atoms with Gasteiger partial charge in [0.15, 0.2) is 0 Å². The summed E-state index contributed by atoms with van der Waals surface area (Å²) >= 11 is 0. The third-order valence-corrected chi connectivity index (χ3v) is 3.99. The van der Waals surface area contributed by atoms with Crippen LogP contribution in [-0.4, -0.2) is 42.4 Å². The highest BCUT2D eigenvalue weighted by Crippen LogP contribution is 2.23. The first-order valence-corrected chi connectivity index (χ1v) is 9.52. The Hall–Kier alpha value is -2.86. The highest BCUT2D eigenvalue weighted by atomic mass is 16.5. The van der Waals surface area contributed by atoms with E-state index in [2.05, 4.69) is 10.6 Å². The van der Waals surface area contributed by atoms with Crippen LogP contribution in [0.1, 0.15) is 26.3 Å². The normalized spacial score (nSPS) is 10.8. The van der Waals surface area contributed by atoms with Crippen molar-refractivity contribution >= 4 is 17.5 Å². The first-order valence-electron chi connectivity index (χ1n) is 9.52. The third-order valence-electron chi connectivity index (χ3n) is 3.99. The lowest BCUT2D eigenvalue weighted by atomic mass is 10.2. The summed E-state index contributed by atoms with van der Waals surface area (Å²) in [5, 5.41) is 5.69. The van der Waals surface area contributed by atoms with Crippen molar-refractivity contribution in [3.8, 4) is 11.5 Å². The molecule has 2 aromatic rings. The summed E-state index contributed by atoms with van der Waals surface area (Å²) in [5.74, 6) is 1.23. The smallest absolute Gasteiger partial charge is 0.238 e. The number of ether oxygens (including phenoxy) is 1. The fourth-order valence-corrected chi connectivity index (χ4v) is 2.68. The van der Waals surface area contributed by atoms with Crippen molar-refractivity contribution in [1.29, 1.82) is 0 Å². The Labute approximate surface area is 166 Å². The number of benzene rings is 2. The van der Waals surface area contributed by atoms with Gasteiger partial charge in [0, 0.05) is 11.7 Å². The molecule has 0 saturated heterocycles. The molecule has 6 heteroatoms. The summed E-state index contributed by atoms with van der Waals surface area (Å²) in [5.41, 5.74) is 1.81. The molecule has 0 atom stereocenters. The van der Waals surface area contributed by atoms with Crippen LogP contribution in [0, 0.1) is 6.92 Å². The van der Waals surface area contributed by atoms with Crippen molar-refractivity contribution in [1.82, 2.24) is 10.2 Å². The van der Waals surface area contributed by atoms with Gasteiger partial charge in [-0.1, -0.05) is 19.1 Å². The topological polar surface area (TPSA) is 70.7 Å². The number of carbonyl (C=O) groups excluding carboxylic acids is 2. The van der Waals surface area contributed by atoms with Gasteiger partial charge in [0.2, 0.25) is 11.8 Å². The second kappa shape index (κ2) is 10.5. The number of aryl methyl sites for hydroxylation is 1. The van der Waals surface area contributed by atoms with Gasteiger partial charge in [0.1, 0.15) is 11.5 Å². The van der Waals surface area contributed by atoms with E-state index in [9.17, 15) is 9.59 Å². The number of nitrogens with one attached hydrogen (secondary N) is 2.